The standard InChI is InChI=1S/C25H28N6O3/c1-2-33-20-8-10-21(11-9-20)34-17-23(32)26-14-15-31-25-22(16-30-31)24(28-18-29-25)27-13-12-19-6-4-3-5-7-19/h3-11,16,18H,2,12-15,17H2,1H3,(H,26,32)(H,27,28,29). The molecule has 0 atom stereocenters. The van der Waals surface area contributed by atoms with Crippen LogP contribution in [-0.2, 0) is 17.8 Å². The number of hydrogen-bond donors (Lipinski definition) is 2. The summed E-state index contributed by atoms with van der Waals surface area (Å²) in [5.41, 5.74) is 1.98. The topological polar surface area (TPSA) is 103 Å². The minimum absolute atomic E-state index is 0.0640. The normalized spacial score (nSPS) is 10.7. The van der Waals surface area contributed by atoms with Gasteiger partial charge in [0.05, 0.1) is 24.7 Å². The van der Waals surface area contributed by atoms with E-state index < -0.39 is 0 Å². The Morgan fingerprint density at radius 3 is 2.50 bits per heavy atom. The first-order valence-electron chi connectivity index (χ1n) is 11.3. The molecule has 0 saturated carbocycles. The van der Waals surface area contributed by atoms with Crippen molar-refractivity contribution in [3.8, 4) is 11.5 Å². The molecule has 0 radical (unpaired) electrons. The number of carbonyl (C=O) groups is 1. The molecule has 2 aromatic heterocycles. The van der Waals surface area contributed by atoms with Crippen LogP contribution in [-0.4, -0.2) is 52.0 Å². The summed E-state index contributed by atoms with van der Waals surface area (Å²) in [7, 11) is 0. The molecule has 0 unspecified atom stereocenters. The number of ether oxygens (including phenoxy) is 2. The van der Waals surface area contributed by atoms with Crippen molar-refractivity contribution in [1.29, 1.82) is 0 Å². The van der Waals surface area contributed by atoms with Crippen molar-refractivity contribution in [2.75, 3.05) is 31.6 Å². The number of amides is 1. The number of benzene rings is 2. The lowest BCUT2D eigenvalue weighted by Gasteiger charge is -2.09. The monoisotopic (exact) mass is 460 g/mol. The zero-order valence-corrected chi connectivity index (χ0v) is 19.1. The molecule has 0 bridgehead atoms. The van der Waals surface area contributed by atoms with E-state index in [2.05, 4.69) is 37.8 Å². The van der Waals surface area contributed by atoms with Gasteiger partial charge in [0.2, 0.25) is 0 Å². The molecule has 0 saturated heterocycles. The van der Waals surface area contributed by atoms with Crippen LogP contribution in [0.4, 0.5) is 5.82 Å². The maximum Gasteiger partial charge on any atom is 0.258 e. The van der Waals surface area contributed by atoms with Crippen molar-refractivity contribution >= 4 is 22.8 Å². The maximum atomic E-state index is 12.1. The number of carbonyl (C=O) groups excluding carboxylic acids is 1. The maximum absolute atomic E-state index is 12.1. The average Bonchev–Trinajstić information content (AvgIpc) is 3.28. The third-order valence-electron chi connectivity index (χ3n) is 5.13. The summed E-state index contributed by atoms with van der Waals surface area (Å²) in [5.74, 6) is 1.92. The molecule has 0 fully saturated rings. The van der Waals surface area contributed by atoms with Gasteiger partial charge in [-0.3, -0.25) is 4.79 Å². The van der Waals surface area contributed by atoms with Gasteiger partial charge >= 0.3 is 0 Å². The first-order chi connectivity index (χ1) is 16.7. The average molecular weight is 461 g/mol. The van der Waals surface area contributed by atoms with Gasteiger partial charge in [0.25, 0.3) is 5.91 Å². The Morgan fingerprint density at radius 1 is 0.971 bits per heavy atom. The van der Waals surface area contributed by atoms with Crippen LogP contribution in [0, 0.1) is 0 Å². The molecular formula is C25H28N6O3. The van der Waals surface area contributed by atoms with Crippen LogP contribution in [0.2, 0.25) is 0 Å². The highest BCUT2D eigenvalue weighted by atomic mass is 16.5. The first-order valence-corrected chi connectivity index (χ1v) is 11.3. The van der Waals surface area contributed by atoms with E-state index in [9.17, 15) is 4.79 Å². The third-order valence-corrected chi connectivity index (χ3v) is 5.13. The number of rotatable bonds is 12. The zero-order chi connectivity index (χ0) is 23.6. The minimum atomic E-state index is -0.205. The van der Waals surface area contributed by atoms with Gasteiger partial charge in [-0.25, -0.2) is 14.6 Å². The quantitative estimate of drug-likeness (QED) is 0.335. The van der Waals surface area contributed by atoms with E-state index in [0.717, 1.165) is 35.6 Å². The van der Waals surface area contributed by atoms with Crippen molar-refractivity contribution in [2.45, 2.75) is 19.9 Å². The van der Waals surface area contributed by atoms with Crippen LogP contribution in [0.15, 0.2) is 67.1 Å². The fourth-order valence-corrected chi connectivity index (χ4v) is 3.47. The van der Waals surface area contributed by atoms with Crippen LogP contribution in [0.5, 0.6) is 11.5 Å². The van der Waals surface area contributed by atoms with Gasteiger partial charge in [0, 0.05) is 13.1 Å². The van der Waals surface area contributed by atoms with Crippen LogP contribution >= 0.6 is 0 Å². The van der Waals surface area contributed by atoms with Crippen molar-refractivity contribution in [2.24, 2.45) is 0 Å². The summed E-state index contributed by atoms with van der Waals surface area (Å²) in [6.07, 6.45) is 4.16. The van der Waals surface area contributed by atoms with Crippen LogP contribution in [0.3, 0.4) is 0 Å². The van der Waals surface area contributed by atoms with Gasteiger partial charge in [-0.1, -0.05) is 30.3 Å². The lowest BCUT2D eigenvalue weighted by molar-refractivity contribution is -0.123. The number of hydrogen-bond acceptors (Lipinski definition) is 7. The van der Waals surface area contributed by atoms with E-state index in [1.165, 1.54) is 11.9 Å². The number of nitrogens with zero attached hydrogens (tertiary/aromatic N) is 4. The second-order valence-electron chi connectivity index (χ2n) is 7.53. The molecule has 9 heteroatoms. The lowest BCUT2D eigenvalue weighted by atomic mass is 10.1. The van der Waals surface area contributed by atoms with E-state index in [4.69, 9.17) is 9.47 Å². The zero-order valence-electron chi connectivity index (χ0n) is 19.1. The van der Waals surface area contributed by atoms with E-state index in [0.29, 0.717) is 25.4 Å². The lowest BCUT2D eigenvalue weighted by Crippen LogP contribution is -2.31. The van der Waals surface area contributed by atoms with E-state index in [1.807, 2.05) is 37.3 Å². The molecule has 4 rings (SSSR count). The molecule has 176 valence electrons. The summed E-state index contributed by atoms with van der Waals surface area (Å²) in [5, 5.41) is 11.5. The predicted molar refractivity (Wildman–Crippen MR) is 130 cm³/mol. The van der Waals surface area contributed by atoms with Crippen molar-refractivity contribution in [1.82, 2.24) is 25.1 Å². The Hall–Kier alpha value is -4.14. The van der Waals surface area contributed by atoms with Crippen LogP contribution in [0.1, 0.15) is 12.5 Å². The van der Waals surface area contributed by atoms with Gasteiger partial charge < -0.3 is 20.1 Å². The molecule has 0 aliphatic rings. The number of aromatic nitrogens is 4. The molecule has 1 amide bonds. The highest BCUT2D eigenvalue weighted by Gasteiger charge is 2.10. The second-order valence-corrected chi connectivity index (χ2v) is 7.53. The molecular weight excluding hydrogens is 432 g/mol. The molecule has 0 aliphatic carbocycles. The molecule has 0 aliphatic heterocycles. The van der Waals surface area contributed by atoms with Gasteiger partial charge in [0.1, 0.15) is 23.6 Å². The van der Waals surface area contributed by atoms with Crippen molar-refractivity contribution in [3.05, 3.63) is 72.7 Å². The van der Waals surface area contributed by atoms with Crippen molar-refractivity contribution < 1.29 is 14.3 Å². The summed E-state index contributed by atoms with van der Waals surface area (Å²) in [6.45, 7) is 4.11. The van der Waals surface area contributed by atoms with E-state index in [1.54, 1.807) is 23.0 Å². The Kier molecular flexibility index (Phi) is 7.89. The number of anilines is 1. The summed E-state index contributed by atoms with van der Waals surface area (Å²) < 4.78 is 12.7. The Balaban J connectivity index is 1.24. The summed E-state index contributed by atoms with van der Waals surface area (Å²) in [4.78, 5) is 20.9. The fourth-order valence-electron chi connectivity index (χ4n) is 3.47. The Morgan fingerprint density at radius 2 is 1.74 bits per heavy atom. The molecule has 2 N–H and O–H groups in total. The highest BCUT2D eigenvalue weighted by Crippen LogP contribution is 2.19. The molecule has 0 spiro atoms. The Bertz CT molecular complexity index is 1190. The predicted octanol–water partition coefficient (Wildman–Crippen LogP) is 3.07. The smallest absolute Gasteiger partial charge is 0.258 e. The minimum Gasteiger partial charge on any atom is -0.494 e. The largest absolute Gasteiger partial charge is 0.494 e. The number of fused-ring (bicyclic) bond motifs is 1. The van der Waals surface area contributed by atoms with Gasteiger partial charge in [-0.05, 0) is 43.2 Å². The van der Waals surface area contributed by atoms with Gasteiger partial charge in [0.15, 0.2) is 12.3 Å². The molecule has 2 aromatic carbocycles. The summed E-state index contributed by atoms with van der Waals surface area (Å²) in [6, 6.07) is 17.5. The highest BCUT2D eigenvalue weighted by molar-refractivity contribution is 5.86. The third kappa shape index (κ3) is 6.22. The Labute approximate surface area is 198 Å². The first kappa shape index (κ1) is 23.0. The molecule has 4 aromatic rings. The van der Waals surface area contributed by atoms with Gasteiger partial charge in [-0.15, -0.1) is 0 Å². The van der Waals surface area contributed by atoms with Gasteiger partial charge in [-0.2, -0.15) is 5.10 Å². The van der Waals surface area contributed by atoms with E-state index in [-0.39, 0.29) is 12.5 Å². The SMILES string of the molecule is CCOc1ccc(OCC(=O)NCCn2ncc3c(NCCc4ccccc4)ncnc32)cc1. The fraction of sp³-hybridized carbons (Fsp3) is 0.280. The molecule has 34 heavy (non-hydrogen) atoms. The summed E-state index contributed by atoms with van der Waals surface area (Å²) >= 11 is 0. The second kappa shape index (κ2) is 11.6. The molecule has 2 heterocycles. The van der Waals surface area contributed by atoms with Crippen LogP contribution < -0.4 is 20.1 Å². The number of nitrogens with one attached hydrogen (secondary N) is 2. The molecule has 9 nitrogen and oxygen atoms in total. The van der Waals surface area contributed by atoms with Crippen molar-refractivity contribution in [3.63, 3.8) is 0 Å². The van der Waals surface area contributed by atoms with Crippen LogP contribution in [0.25, 0.3) is 11.0 Å². The van der Waals surface area contributed by atoms with E-state index >= 15 is 0 Å².